The van der Waals surface area contributed by atoms with Crippen LogP contribution in [0.15, 0.2) is 65.7 Å². The quantitative estimate of drug-likeness (QED) is 0.744. The van der Waals surface area contributed by atoms with Crippen LogP contribution in [0, 0.1) is 0 Å². The highest BCUT2D eigenvalue weighted by atomic mass is 16.3. The molecule has 0 atom stereocenters. The Hall–Kier alpha value is -2.88. The van der Waals surface area contributed by atoms with Crippen molar-refractivity contribution in [2.45, 2.75) is 0 Å². The van der Waals surface area contributed by atoms with Crippen LogP contribution in [0.25, 0.3) is 22.2 Å². The number of furan rings is 1. The zero-order chi connectivity index (χ0) is 14.7. The van der Waals surface area contributed by atoms with Crippen LogP contribution in [-0.4, -0.2) is 17.4 Å². The third-order valence-corrected chi connectivity index (χ3v) is 3.11. The van der Waals surface area contributed by atoms with E-state index in [1.807, 2.05) is 30.3 Å². The third-order valence-electron chi connectivity index (χ3n) is 3.11. The molecule has 4 heteroatoms. The SMILES string of the molecule is C=CCNC(=O)c1ccc(-c2cnc3ccccc3c2)o1. The predicted molar refractivity (Wildman–Crippen MR) is 82.0 cm³/mol. The average molecular weight is 278 g/mol. The average Bonchev–Trinajstić information content (AvgIpc) is 3.02. The lowest BCUT2D eigenvalue weighted by molar-refractivity contribution is 0.0931. The van der Waals surface area contributed by atoms with Gasteiger partial charge in [0.15, 0.2) is 5.76 Å². The highest BCUT2D eigenvalue weighted by Crippen LogP contribution is 2.24. The number of hydrogen-bond acceptors (Lipinski definition) is 3. The van der Waals surface area contributed by atoms with Crippen LogP contribution in [0.5, 0.6) is 0 Å². The van der Waals surface area contributed by atoms with E-state index in [4.69, 9.17) is 4.42 Å². The summed E-state index contributed by atoms with van der Waals surface area (Å²) in [4.78, 5) is 16.2. The van der Waals surface area contributed by atoms with Gasteiger partial charge in [0.1, 0.15) is 5.76 Å². The van der Waals surface area contributed by atoms with Crippen LogP contribution in [0.3, 0.4) is 0 Å². The van der Waals surface area contributed by atoms with Crippen LogP contribution >= 0.6 is 0 Å². The monoisotopic (exact) mass is 278 g/mol. The van der Waals surface area contributed by atoms with Crippen LogP contribution < -0.4 is 5.32 Å². The smallest absolute Gasteiger partial charge is 0.287 e. The fourth-order valence-electron chi connectivity index (χ4n) is 2.07. The largest absolute Gasteiger partial charge is 0.451 e. The number of carbonyl (C=O) groups is 1. The molecule has 0 saturated heterocycles. The van der Waals surface area contributed by atoms with Crippen molar-refractivity contribution in [3.63, 3.8) is 0 Å². The molecule has 0 saturated carbocycles. The van der Waals surface area contributed by atoms with Gasteiger partial charge in [-0.15, -0.1) is 6.58 Å². The Bertz CT molecular complexity index is 805. The van der Waals surface area contributed by atoms with E-state index in [-0.39, 0.29) is 11.7 Å². The van der Waals surface area contributed by atoms with Gasteiger partial charge in [0, 0.05) is 23.7 Å². The number of carbonyl (C=O) groups excluding carboxylic acids is 1. The highest BCUT2D eigenvalue weighted by molar-refractivity contribution is 5.92. The van der Waals surface area contributed by atoms with Gasteiger partial charge in [0.25, 0.3) is 5.91 Å². The minimum atomic E-state index is -0.255. The number of nitrogens with zero attached hydrogens (tertiary/aromatic N) is 1. The van der Waals surface area contributed by atoms with Crippen molar-refractivity contribution >= 4 is 16.8 Å². The summed E-state index contributed by atoms with van der Waals surface area (Å²) in [6.45, 7) is 3.96. The first-order chi connectivity index (χ1) is 10.3. The number of amides is 1. The molecule has 0 aliphatic rings. The summed E-state index contributed by atoms with van der Waals surface area (Å²) in [6, 6.07) is 13.3. The number of hydrogen-bond donors (Lipinski definition) is 1. The van der Waals surface area contributed by atoms with E-state index in [0.717, 1.165) is 16.5 Å². The maximum atomic E-state index is 11.8. The predicted octanol–water partition coefficient (Wildman–Crippen LogP) is 3.41. The Labute approximate surface area is 122 Å². The van der Waals surface area contributed by atoms with E-state index < -0.39 is 0 Å². The standard InChI is InChI=1S/C17H14N2O2/c1-2-9-18-17(20)16-8-7-15(21-16)13-10-12-5-3-4-6-14(12)19-11-13/h2-8,10-11H,1,9H2,(H,18,20). The molecule has 4 nitrogen and oxygen atoms in total. The lowest BCUT2D eigenvalue weighted by Crippen LogP contribution is -2.22. The highest BCUT2D eigenvalue weighted by Gasteiger charge is 2.11. The summed E-state index contributed by atoms with van der Waals surface area (Å²) >= 11 is 0. The van der Waals surface area contributed by atoms with Gasteiger partial charge in [0.05, 0.1) is 5.52 Å². The zero-order valence-electron chi connectivity index (χ0n) is 11.4. The van der Waals surface area contributed by atoms with E-state index in [0.29, 0.717) is 12.3 Å². The lowest BCUT2D eigenvalue weighted by atomic mass is 10.1. The van der Waals surface area contributed by atoms with E-state index >= 15 is 0 Å². The van der Waals surface area contributed by atoms with Gasteiger partial charge in [-0.2, -0.15) is 0 Å². The van der Waals surface area contributed by atoms with Crippen molar-refractivity contribution in [2.75, 3.05) is 6.54 Å². The van der Waals surface area contributed by atoms with Gasteiger partial charge in [-0.1, -0.05) is 24.3 Å². The van der Waals surface area contributed by atoms with Gasteiger partial charge in [0.2, 0.25) is 0 Å². The molecule has 0 bridgehead atoms. The molecule has 2 aromatic heterocycles. The molecule has 0 fully saturated rings. The molecule has 3 rings (SSSR count). The number of nitrogens with one attached hydrogen (secondary N) is 1. The fraction of sp³-hybridized carbons (Fsp3) is 0.0588. The molecule has 0 spiro atoms. The first kappa shape index (κ1) is 13.1. The third kappa shape index (κ3) is 2.69. The van der Waals surface area contributed by atoms with Crippen molar-refractivity contribution in [2.24, 2.45) is 0 Å². The van der Waals surface area contributed by atoms with Crippen molar-refractivity contribution in [1.82, 2.24) is 10.3 Å². The van der Waals surface area contributed by atoms with Crippen LogP contribution in [0.1, 0.15) is 10.6 Å². The minimum absolute atomic E-state index is 0.255. The molecule has 3 aromatic rings. The zero-order valence-corrected chi connectivity index (χ0v) is 11.4. The first-order valence-corrected chi connectivity index (χ1v) is 6.62. The number of fused-ring (bicyclic) bond motifs is 1. The molecule has 1 aromatic carbocycles. The minimum Gasteiger partial charge on any atom is -0.451 e. The lowest BCUT2D eigenvalue weighted by Gasteiger charge is -2.01. The van der Waals surface area contributed by atoms with Gasteiger partial charge < -0.3 is 9.73 Å². The van der Waals surface area contributed by atoms with E-state index in [9.17, 15) is 4.79 Å². The van der Waals surface area contributed by atoms with Crippen molar-refractivity contribution in [1.29, 1.82) is 0 Å². The molecule has 0 aliphatic heterocycles. The van der Waals surface area contributed by atoms with Gasteiger partial charge in [-0.3, -0.25) is 9.78 Å². The van der Waals surface area contributed by atoms with Crippen molar-refractivity contribution < 1.29 is 9.21 Å². The molecular formula is C17H14N2O2. The summed E-state index contributed by atoms with van der Waals surface area (Å²) in [5, 5.41) is 3.71. The Kier molecular flexibility index (Phi) is 3.51. The summed E-state index contributed by atoms with van der Waals surface area (Å²) < 4.78 is 5.59. The van der Waals surface area contributed by atoms with E-state index in [1.165, 1.54) is 0 Å². The Morgan fingerprint density at radius 1 is 1.29 bits per heavy atom. The second-order valence-corrected chi connectivity index (χ2v) is 4.58. The Morgan fingerprint density at radius 3 is 3.00 bits per heavy atom. The Balaban J connectivity index is 1.90. The van der Waals surface area contributed by atoms with Crippen LogP contribution in [-0.2, 0) is 0 Å². The maximum absolute atomic E-state index is 11.8. The van der Waals surface area contributed by atoms with Crippen molar-refractivity contribution in [3.8, 4) is 11.3 Å². The maximum Gasteiger partial charge on any atom is 0.287 e. The molecule has 1 amide bonds. The topological polar surface area (TPSA) is 55.1 Å². The normalized spacial score (nSPS) is 10.5. The summed E-state index contributed by atoms with van der Waals surface area (Å²) in [5.74, 6) is 0.645. The van der Waals surface area contributed by atoms with Gasteiger partial charge in [-0.25, -0.2) is 0 Å². The summed E-state index contributed by atoms with van der Waals surface area (Å²) in [5.41, 5.74) is 1.77. The first-order valence-electron chi connectivity index (χ1n) is 6.62. The molecule has 2 heterocycles. The van der Waals surface area contributed by atoms with E-state index in [1.54, 1.807) is 24.4 Å². The van der Waals surface area contributed by atoms with Crippen molar-refractivity contribution in [3.05, 3.63) is 67.1 Å². The van der Waals surface area contributed by atoms with E-state index in [2.05, 4.69) is 16.9 Å². The molecule has 0 unspecified atom stereocenters. The molecule has 0 aliphatic carbocycles. The van der Waals surface area contributed by atoms with Gasteiger partial charge >= 0.3 is 0 Å². The second kappa shape index (κ2) is 5.63. The molecular weight excluding hydrogens is 264 g/mol. The number of benzene rings is 1. The molecule has 21 heavy (non-hydrogen) atoms. The number of pyridine rings is 1. The fourth-order valence-corrected chi connectivity index (χ4v) is 2.07. The van der Waals surface area contributed by atoms with Crippen LogP contribution in [0.2, 0.25) is 0 Å². The molecule has 1 N–H and O–H groups in total. The summed E-state index contributed by atoms with van der Waals surface area (Å²) in [6.07, 6.45) is 3.36. The molecule has 0 radical (unpaired) electrons. The molecule has 104 valence electrons. The Morgan fingerprint density at radius 2 is 2.14 bits per heavy atom. The second-order valence-electron chi connectivity index (χ2n) is 4.58. The number of para-hydroxylation sites is 1. The number of aromatic nitrogens is 1. The summed E-state index contributed by atoms with van der Waals surface area (Å²) in [7, 11) is 0. The number of rotatable bonds is 4. The van der Waals surface area contributed by atoms with Crippen LogP contribution in [0.4, 0.5) is 0 Å². The van der Waals surface area contributed by atoms with Gasteiger partial charge in [-0.05, 0) is 24.3 Å².